The first-order valence-electron chi connectivity index (χ1n) is 9.05. The number of nitrogens with one attached hydrogen (secondary N) is 1. The van der Waals surface area contributed by atoms with Gasteiger partial charge in [0.2, 0.25) is 0 Å². The molecule has 0 aromatic heterocycles. The van der Waals surface area contributed by atoms with Crippen molar-refractivity contribution in [1.29, 1.82) is 0 Å². The first kappa shape index (κ1) is 18.3. The Hall–Kier alpha value is -1.06. The average Bonchev–Trinajstić information content (AvgIpc) is 2.48. The highest BCUT2D eigenvalue weighted by atomic mass is 16.5. The zero-order chi connectivity index (χ0) is 17.0. The fourth-order valence-electron chi connectivity index (χ4n) is 3.72. The molecule has 0 amide bonds. The van der Waals surface area contributed by atoms with E-state index in [9.17, 15) is 5.11 Å². The zero-order valence-electron chi connectivity index (χ0n) is 15.4. The van der Waals surface area contributed by atoms with Crippen LogP contribution < -0.4 is 9.64 Å². The molecular formula is C20H34NO2+. The molecule has 4 atom stereocenters. The number of rotatable bonds is 5. The molecule has 1 aromatic rings. The van der Waals surface area contributed by atoms with Crippen LogP contribution in [-0.4, -0.2) is 36.4 Å². The summed E-state index contributed by atoms with van der Waals surface area (Å²) in [6, 6.07) is 9.43. The molecule has 2 rings (SSSR count). The van der Waals surface area contributed by atoms with E-state index in [0.29, 0.717) is 18.7 Å². The highest BCUT2D eigenvalue weighted by molar-refractivity contribution is 5.38. The summed E-state index contributed by atoms with van der Waals surface area (Å²) >= 11 is 0. The van der Waals surface area contributed by atoms with E-state index < -0.39 is 6.10 Å². The van der Waals surface area contributed by atoms with Crippen molar-refractivity contribution in [3.8, 4) is 5.75 Å². The smallest absolute Gasteiger partial charge is 0.137 e. The summed E-state index contributed by atoms with van der Waals surface area (Å²) in [5.74, 6) is 0.897. The second kappa shape index (κ2) is 7.67. The van der Waals surface area contributed by atoms with Crippen molar-refractivity contribution in [3.05, 3.63) is 29.8 Å². The molecule has 0 saturated carbocycles. The number of hydrogen-bond donors (Lipinski definition) is 2. The van der Waals surface area contributed by atoms with Gasteiger partial charge in [0.15, 0.2) is 0 Å². The molecule has 130 valence electrons. The second-order valence-corrected chi connectivity index (χ2v) is 8.22. The van der Waals surface area contributed by atoms with Crippen LogP contribution >= 0.6 is 0 Å². The summed E-state index contributed by atoms with van der Waals surface area (Å²) in [5, 5.41) is 10.4. The van der Waals surface area contributed by atoms with Crippen LogP contribution in [0.1, 0.15) is 59.4 Å². The minimum atomic E-state index is -0.416. The molecule has 23 heavy (non-hydrogen) atoms. The molecule has 1 unspecified atom stereocenters. The summed E-state index contributed by atoms with van der Waals surface area (Å²) in [4.78, 5) is 1.52. The van der Waals surface area contributed by atoms with Crippen LogP contribution in [0.4, 0.5) is 0 Å². The summed E-state index contributed by atoms with van der Waals surface area (Å²) in [5.41, 5.74) is 1.24. The molecule has 2 N–H and O–H groups in total. The van der Waals surface area contributed by atoms with Gasteiger partial charge in [-0.15, -0.1) is 0 Å². The average molecular weight is 320 g/mol. The summed E-state index contributed by atoms with van der Waals surface area (Å²) in [6.45, 7) is 12.3. The minimum absolute atomic E-state index is 0.0443. The number of para-hydroxylation sites is 1. The van der Waals surface area contributed by atoms with Crippen LogP contribution in [0.3, 0.4) is 0 Å². The Labute approximate surface area is 141 Å². The topological polar surface area (TPSA) is 33.9 Å². The van der Waals surface area contributed by atoms with Gasteiger partial charge in [0.25, 0.3) is 0 Å². The molecule has 0 radical (unpaired) electrons. The highest BCUT2D eigenvalue weighted by Crippen LogP contribution is 2.30. The van der Waals surface area contributed by atoms with Crippen molar-refractivity contribution < 1.29 is 14.7 Å². The van der Waals surface area contributed by atoms with E-state index in [1.807, 2.05) is 18.2 Å². The molecule has 0 spiro atoms. The van der Waals surface area contributed by atoms with Crippen molar-refractivity contribution in [3.63, 3.8) is 0 Å². The maximum Gasteiger partial charge on any atom is 0.137 e. The molecule has 1 aliphatic heterocycles. The van der Waals surface area contributed by atoms with Gasteiger partial charge in [-0.25, -0.2) is 0 Å². The lowest BCUT2D eigenvalue weighted by atomic mass is 9.86. The molecule has 3 nitrogen and oxygen atoms in total. The second-order valence-electron chi connectivity index (χ2n) is 8.22. The Morgan fingerprint density at radius 1 is 1.17 bits per heavy atom. The van der Waals surface area contributed by atoms with E-state index in [1.54, 1.807) is 0 Å². The molecular weight excluding hydrogens is 286 g/mol. The van der Waals surface area contributed by atoms with E-state index >= 15 is 0 Å². The fraction of sp³-hybridized carbons (Fsp3) is 0.700. The summed E-state index contributed by atoms with van der Waals surface area (Å²) < 4.78 is 5.97. The van der Waals surface area contributed by atoms with E-state index in [4.69, 9.17) is 4.74 Å². The Bertz CT molecular complexity index is 485. The molecule has 0 aliphatic carbocycles. The Balaban J connectivity index is 1.93. The normalized spacial score (nSPS) is 26.8. The molecule has 1 fully saturated rings. The molecule has 1 aliphatic rings. The lowest BCUT2D eigenvalue weighted by Crippen LogP contribution is -3.20. The quantitative estimate of drug-likeness (QED) is 0.874. The largest absolute Gasteiger partial charge is 0.490 e. The zero-order valence-corrected chi connectivity index (χ0v) is 15.4. The van der Waals surface area contributed by atoms with E-state index in [-0.39, 0.29) is 5.41 Å². The number of benzene rings is 1. The van der Waals surface area contributed by atoms with Crippen molar-refractivity contribution in [2.24, 2.45) is 0 Å². The number of hydrogen-bond acceptors (Lipinski definition) is 2. The van der Waals surface area contributed by atoms with Crippen molar-refractivity contribution >= 4 is 0 Å². The molecule has 1 aromatic carbocycles. The van der Waals surface area contributed by atoms with Crippen LogP contribution in [0.15, 0.2) is 24.3 Å². The first-order chi connectivity index (χ1) is 10.8. The SMILES string of the molecule is C[C@@H]1CCC[C@H](C)[NH+]1C[C@@H](O)COc1ccccc1C(C)(C)C. The van der Waals surface area contributed by atoms with Crippen molar-refractivity contribution in [2.75, 3.05) is 13.2 Å². The van der Waals surface area contributed by atoms with Gasteiger partial charge in [0.1, 0.15) is 25.0 Å². The third-order valence-corrected chi connectivity index (χ3v) is 5.14. The van der Waals surface area contributed by atoms with Gasteiger partial charge < -0.3 is 14.7 Å². The Morgan fingerprint density at radius 2 is 1.78 bits per heavy atom. The number of aliphatic hydroxyl groups excluding tert-OH is 1. The van der Waals surface area contributed by atoms with E-state index in [2.05, 4.69) is 40.7 Å². The van der Waals surface area contributed by atoms with Gasteiger partial charge in [-0.3, -0.25) is 0 Å². The standard InChI is InChI=1S/C20H33NO2/c1-15-9-8-10-16(2)21(15)13-17(22)14-23-19-12-7-6-11-18(19)20(3,4)5/h6-7,11-12,15-17,22H,8-10,13-14H2,1-5H3/p+1/t15-,16+,17-/m1/s1. The number of quaternary nitrogens is 1. The number of ether oxygens (including phenoxy) is 1. The van der Waals surface area contributed by atoms with Crippen LogP contribution in [-0.2, 0) is 5.41 Å². The monoisotopic (exact) mass is 320 g/mol. The van der Waals surface area contributed by atoms with Gasteiger partial charge in [0, 0.05) is 0 Å². The highest BCUT2D eigenvalue weighted by Gasteiger charge is 2.30. The minimum Gasteiger partial charge on any atom is -0.490 e. The maximum absolute atomic E-state index is 10.4. The van der Waals surface area contributed by atoms with Crippen LogP contribution in [0.5, 0.6) is 5.75 Å². The van der Waals surface area contributed by atoms with Crippen LogP contribution in [0, 0.1) is 0 Å². The number of aliphatic hydroxyl groups is 1. The van der Waals surface area contributed by atoms with Crippen molar-refractivity contribution in [2.45, 2.75) is 77.5 Å². The summed E-state index contributed by atoms with van der Waals surface area (Å²) in [6.07, 6.45) is 3.43. The van der Waals surface area contributed by atoms with Gasteiger partial charge in [-0.1, -0.05) is 39.0 Å². The molecule has 1 saturated heterocycles. The van der Waals surface area contributed by atoms with E-state index in [0.717, 1.165) is 12.3 Å². The van der Waals surface area contributed by atoms with Gasteiger partial charge >= 0.3 is 0 Å². The third kappa shape index (κ3) is 4.95. The van der Waals surface area contributed by atoms with E-state index in [1.165, 1.54) is 29.7 Å². The Kier molecular flexibility index (Phi) is 6.10. The lowest BCUT2D eigenvalue weighted by molar-refractivity contribution is -0.954. The third-order valence-electron chi connectivity index (χ3n) is 5.14. The van der Waals surface area contributed by atoms with Crippen molar-refractivity contribution in [1.82, 2.24) is 0 Å². The van der Waals surface area contributed by atoms with Gasteiger partial charge in [0.05, 0.1) is 12.1 Å². The van der Waals surface area contributed by atoms with Crippen LogP contribution in [0.25, 0.3) is 0 Å². The fourth-order valence-corrected chi connectivity index (χ4v) is 3.72. The molecule has 3 heteroatoms. The lowest BCUT2D eigenvalue weighted by Gasteiger charge is -2.36. The van der Waals surface area contributed by atoms with Gasteiger partial charge in [-0.2, -0.15) is 0 Å². The first-order valence-corrected chi connectivity index (χ1v) is 9.05. The maximum atomic E-state index is 10.4. The number of likely N-dealkylation sites (tertiary alicyclic amines) is 1. The predicted molar refractivity (Wildman–Crippen MR) is 95.2 cm³/mol. The number of piperidine rings is 1. The predicted octanol–water partition coefficient (Wildman–Crippen LogP) is 2.57. The molecule has 0 bridgehead atoms. The van der Waals surface area contributed by atoms with Gasteiger partial charge in [-0.05, 0) is 50.2 Å². The summed E-state index contributed by atoms with van der Waals surface area (Å²) in [7, 11) is 0. The van der Waals surface area contributed by atoms with Crippen LogP contribution in [0.2, 0.25) is 0 Å². The molecule has 1 heterocycles. The Morgan fingerprint density at radius 3 is 2.39 bits per heavy atom.